The van der Waals surface area contributed by atoms with Crippen LogP contribution in [0.1, 0.15) is 85.4 Å². The summed E-state index contributed by atoms with van der Waals surface area (Å²) in [6.45, 7) is 8.78. The minimum atomic E-state index is -0.323. The van der Waals surface area contributed by atoms with E-state index in [9.17, 15) is 10.1 Å². The maximum absolute atomic E-state index is 10.2. The molecular formula is C23H35N5O3. The topological polar surface area (TPSA) is 131 Å². The predicted octanol–water partition coefficient (Wildman–Crippen LogP) is 4.10. The fourth-order valence-corrected chi connectivity index (χ4v) is 3.88. The Morgan fingerprint density at radius 3 is 1.81 bits per heavy atom. The number of rotatable bonds is 4. The lowest BCUT2D eigenvalue weighted by atomic mass is 9.99. The van der Waals surface area contributed by atoms with Crippen molar-refractivity contribution in [1.29, 1.82) is 5.26 Å². The molecule has 0 aromatic carbocycles. The number of aryl methyl sites for hydroxylation is 4. The van der Waals surface area contributed by atoms with E-state index in [0.29, 0.717) is 18.9 Å². The normalized spacial score (nSPS) is 16.8. The van der Waals surface area contributed by atoms with Crippen LogP contribution >= 0.6 is 0 Å². The van der Waals surface area contributed by atoms with Crippen molar-refractivity contribution >= 4 is 5.78 Å². The molecule has 8 heteroatoms. The molecule has 2 aliphatic rings. The van der Waals surface area contributed by atoms with Crippen molar-refractivity contribution in [3.05, 3.63) is 34.0 Å². The van der Waals surface area contributed by atoms with Crippen molar-refractivity contribution in [3.63, 3.8) is 0 Å². The summed E-state index contributed by atoms with van der Waals surface area (Å²) >= 11 is 0. The standard InChI is InChI=1S/C12H17N3O.C6H10N2O.C5H8O/c1-9-11(10(2)16-15-9)7-14-12(8-13)5-3-4-6-12;1-4-6(3-7)5(2)9-8-4;6-5-3-1-2-4-5/h14H,3-7H2,1-2H3;3,7H2,1-2H3;1-4H2. The summed E-state index contributed by atoms with van der Waals surface area (Å²) in [6, 6.07) is 2.42. The summed E-state index contributed by atoms with van der Waals surface area (Å²) in [5.41, 5.74) is 8.99. The van der Waals surface area contributed by atoms with Gasteiger partial charge in [0, 0.05) is 37.1 Å². The van der Waals surface area contributed by atoms with Crippen LogP contribution in [0, 0.1) is 39.0 Å². The molecule has 2 saturated carbocycles. The molecule has 3 N–H and O–H groups in total. The van der Waals surface area contributed by atoms with Crippen molar-refractivity contribution in [2.45, 2.75) is 97.7 Å². The van der Waals surface area contributed by atoms with Gasteiger partial charge >= 0.3 is 0 Å². The zero-order valence-corrected chi connectivity index (χ0v) is 19.2. The van der Waals surface area contributed by atoms with E-state index >= 15 is 0 Å². The van der Waals surface area contributed by atoms with Gasteiger partial charge in [-0.15, -0.1) is 0 Å². The molecule has 0 bridgehead atoms. The fraction of sp³-hybridized carbons (Fsp3) is 0.652. The van der Waals surface area contributed by atoms with E-state index in [4.69, 9.17) is 14.8 Å². The van der Waals surface area contributed by atoms with Gasteiger partial charge in [-0.05, 0) is 53.4 Å². The average Bonchev–Trinajstić information content (AvgIpc) is 3.54. The molecule has 31 heavy (non-hydrogen) atoms. The Kier molecular flexibility index (Phi) is 9.41. The van der Waals surface area contributed by atoms with E-state index in [2.05, 4.69) is 21.7 Å². The quantitative estimate of drug-likeness (QED) is 0.742. The van der Waals surface area contributed by atoms with Crippen LogP contribution in [0.3, 0.4) is 0 Å². The van der Waals surface area contributed by atoms with E-state index in [-0.39, 0.29) is 5.54 Å². The van der Waals surface area contributed by atoms with Gasteiger partial charge < -0.3 is 14.8 Å². The van der Waals surface area contributed by atoms with Gasteiger partial charge in [-0.25, -0.2) is 0 Å². The summed E-state index contributed by atoms with van der Waals surface area (Å²) in [5, 5.41) is 20.2. The van der Waals surface area contributed by atoms with Crippen LogP contribution in [0.15, 0.2) is 9.05 Å². The van der Waals surface area contributed by atoms with Crippen LogP contribution in [0.5, 0.6) is 0 Å². The number of Topliss-reactive ketones (excluding diaryl/α,β-unsaturated/α-hetero) is 1. The lowest BCUT2D eigenvalue weighted by molar-refractivity contribution is -0.117. The Morgan fingerprint density at radius 2 is 1.48 bits per heavy atom. The minimum absolute atomic E-state index is 0.323. The molecule has 170 valence electrons. The second-order valence-corrected chi connectivity index (χ2v) is 8.31. The number of hydrogen-bond acceptors (Lipinski definition) is 8. The maximum atomic E-state index is 10.2. The highest BCUT2D eigenvalue weighted by atomic mass is 16.5. The van der Waals surface area contributed by atoms with Crippen molar-refractivity contribution in [2.75, 3.05) is 0 Å². The number of aromatic nitrogens is 2. The summed E-state index contributed by atoms with van der Waals surface area (Å²) in [6.07, 6.45) is 8.15. The molecule has 0 amide bonds. The van der Waals surface area contributed by atoms with Crippen LogP contribution in [0.2, 0.25) is 0 Å². The molecular weight excluding hydrogens is 394 g/mol. The molecule has 2 aliphatic carbocycles. The maximum Gasteiger partial charge on any atom is 0.138 e. The third-order valence-electron chi connectivity index (χ3n) is 6.00. The van der Waals surface area contributed by atoms with E-state index < -0.39 is 0 Å². The van der Waals surface area contributed by atoms with E-state index in [1.54, 1.807) is 0 Å². The lowest BCUT2D eigenvalue weighted by Crippen LogP contribution is -2.40. The van der Waals surface area contributed by atoms with Gasteiger partial charge in [-0.3, -0.25) is 10.1 Å². The van der Waals surface area contributed by atoms with E-state index in [0.717, 1.165) is 85.4 Å². The molecule has 0 aliphatic heterocycles. The zero-order valence-electron chi connectivity index (χ0n) is 19.2. The molecule has 0 atom stereocenters. The molecule has 0 saturated heterocycles. The van der Waals surface area contributed by atoms with Gasteiger partial charge in [0.05, 0.1) is 17.5 Å². The molecule has 2 aromatic rings. The highest BCUT2D eigenvalue weighted by molar-refractivity contribution is 5.80. The van der Waals surface area contributed by atoms with Gasteiger partial charge in [0.15, 0.2) is 0 Å². The monoisotopic (exact) mass is 429 g/mol. The third-order valence-corrected chi connectivity index (χ3v) is 6.00. The molecule has 2 heterocycles. The Labute approximate surface area is 184 Å². The minimum Gasteiger partial charge on any atom is -0.361 e. The number of ketones is 1. The number of nitriles is 1. The summed E-state index contributed by atoms with van der Waals surface area (Å²) in [5.74, 6) is 2.13. The first kappa shape index (κ1) is 24.8. The largest absolute Gasteiger partial charge is 0.361 e. The number of nitrogens with two attached hydrogens (primary N) is 1. The number of carbonyl (C=O) groups is 1. The summed E-state index contributed by atoms with van der Waals surface area (Å²) in [4.78, 5) is 10.2. The van der Waals surface area contributed by atoms with Crippen molar-refractivity contribution in [2.24, 2.45) is 5.73 Å². The Hall–Kier alpha value is -2.50. The van der Waals surface area contributed by atoms with Gasteiger partial charge in [-0.1, -0.05) is 23.2 Å². The van der Waals surface area contributed by atoms with Crippen LogP contribution in [0.4, 0.5) is 0 Å². The number of hydrogen-bond donors (Lipinski definition) is 2. The van der Waals surface area contributed by atoms with Crippen LogP contribution in [0.25, 0.3) is 0 Å². The zero-order chi connectivity index (χ0) is 22.9. The first-order chi connectivity index (χ1) is 14.8. The second kappa shape index (κ2) is 11.8. The lowest BCUT2D eigenvalue weighted by Gasteiger charge is -2.21. The number of nitrogens with zero attached hydrogens (tertiary/aromatic N) is 3. The van der Waals surface area contributed by atoms with Gasteiger partial charge in [0.25, 0.3) is 0 Å². The van der Waals surface area contributed by atoms with Crippen LogP contribution < -0.4 is 11.1 Å². The predicted molar refractivity (Wildman–Crippen MR) is 117 cm³/mol. The third kappa shape index (κ3) is 7.01. The summed E-state index contributed by atoms with van der Waals surface area (Å²) in [7, 11) is 0. The molecule has 0 radical (unpaired) electrons. The molecule has 2 fully saturated rings. The Bertz CT molecular complexity index is 841. The van der Waals surface area contributed by atoms with Crippen LogP contribution in [-0.4, -0.2) is 21.6 Å². The van der Waals surface area contributed by atoms with Crippen LogP contribution in [-0.2, 0) is 17.9 Å². The summed E-state index contributed by atoms with van der Waals surface area (Å²) < 4.78 is 9.96. The smallest absolute Gasteiger partial charge is 0.138 e. The molecule has 2 aromatic heterocycles. The number of nitrogens with one attached hydrogen (secondary N) is 1. The SMILES string of the molecule is Cc1noc(C)c1CN.Cc1noc(C)c1CNC1(C#N)CCCC1.O=C1CCCC1. The van der Waals surface area contributed by atoms with Gasteiger partial charge in [0.2, 0.25) is 0 Å². The fourth-order valence-electron chi connectivity index (χ4n) is 3.88. The van der Waals surface area contributed by atoms with E-state index in [1.165, 1.54) is 0 Å². The van der Waals surface area contributed by atoms with Crippen molar-refractivity contribution < 1.29 is 13.8 Å². The van der Waals surface area contributed by atoms with Crippen molar-refractivity contribution in [1.82, 2.24) is 15.6 Å². The first-order valence-corrected chi connectivity index (χ1v) is 11.0. The van der Waals surface area contributed by atoms with E-state index in [1.807, 2.05) is 27.7 Å². The highest BCUT2D eigenvalue weighted by Crippen LogP contribution is 2.29. The first-order valence-electron chi connectivity index (χ1n) is 11.0. The molecule has 0 spiro atoms. The van der Waals surface area contributed by atoms with Gasteiger partial charge in [-0.2, -0.15) is 5.26 Å². The van der Waals surface area contributed by atoms with Gasteiger partial charge in [0.1, 0.15) is 22.8 Å². The molecule has 8 nitrogen and oxygen atoms in total. The number of carbonyl (C=O) groups excluding carboxylic acids is 1. The second-order valence-electron chi connectivity index (χ2n) is 8.31. The average molecular weight is 430 g/mol. The molecule has 0 unspecified atom stereocenters. The van der Waals surface area contributed by atoms with Crippen molar-refractivity contribution in [3.8, 4) is 6.07 Å². The Morgan fingerprint density at radius 1 is 0.968 bits per heavy atom. The highest BCUT2D eigenvalue weighted by Gasteiger charge is 2.33. The Balaban J connectivity index is 0.000000190. The molecule has 4 rings (SSSR count).